The van der Waals surface area contributed by atoms with Crippen molar-refractivity contribution < 1.29 is 0 Å². The highest BCUT2D eigenvalue weighted by atomic mass is 32.1. The second-order valence-electron chi connectivity index (χ2n) is 2.44. The Morgan fingerprint density at radius 1 is 0.833 bits per heavy atom. The van der Waals surface area contributed by atoms with Crippen molar-refractivity contribution in [3.05, 3.63) is 34.7 Å². The first-order chi connectivity index (χ1) is 5.86. The summed E-state index contributed by atoms with van der Waals surface area (Å²) in [6.45, 7) is 0. The number of hydrogen-bond acceptors (Lipinski definition) is 2. The first-order valence-electron chi connectivity index (χ1n) is 3.85. The van der Waals surface area contributed by atoms with Crippen molar-refractivity contribution in [1.82, 2.24) is 0 Å². The Morgan fingerprint density at radius 3 is 1.42 bits per heavy atom. The molecule has 0 fully saturated rings. The van der Waals surface area contributed by atoms with Gasteiger partial charge in [0, 0.05) is 11.5 Å². The normalized spacial score (nSPS) is 9.50. The zero-order valence-electron chi connectivity index (χ0n) is 6.77. The van der Waals surface area contributed by atoms with Crippen molar-refractivity contribution in [3.63, 3.8) is 0 Å². The first kappa shape index (κ1) is 9.75. The maximum atomic E-state index is 4.12. The van der Waals surface area contributed by atoms with Gasteiger partial charge in [-0.05, 0) is 10.4 Å². The van der Waals surface area contributed by atoms with Crippen LogP contribution in [0.5, 0.6) is 0 Å². The van der Waals surface area contributed by atoms with Gasteiger partial charge >= 0.3 is 0 Å². The molecular formula is C10H12S2. The lowest BCUT2D eigenvalue weighted by Crippen LogP contribution is -2.07. The van der Waals surface area contributed by atoms with Crippen molar-refractivity contribution in [1.29, 1.82) is 0 Å². The first-order valence-corrected chi connectivity index (χ1v) is 5.11. The molecule has 0 spiro atoms. The predicted molar refractivity (Wildman–Crippen MR) is 62.3 cm³/mol. The molecule has 0 saturated carbocycles. The van der Waals surface area contributed by atoms with Crippen molar-refractivity contribution in [2.45, 2.75) is 0 Å². The number of thiol groups is 2. The molecule has 0 radical (unpaired) electrons. The molecule has 0 aliphatic carbocycles. The summed E-state index contributed by atoms with van der Waals surface area (Å²) >= 11 is 8.25. The Labute approximate surface area is 83.8 Å². The zero-order chi connectivity index (χ0) is 8.81. The number of hydrogen-bond donors (Lipinski definition) is 2. The number of rotatable bonds is 2. The minimum atomic E-state index is 0.787. The van der Waals surface area contributed by atoms with E-state index in [0.717, 1.165) is 11.5 Å². The summed E-state index contributed by atoms with van der Waals surface area (Å²) in [6, 6.07) is 8.36. The van der Waals surface area contributed by atoms with Gasteiger partial charge in [0.2, 0.25) is 0 Å². The summed E-state index contributed by atoms with van der Waals surface area (Å²) in [5.74, 6) is 1.57. The molecule has 2 heteroatoms. The second-order valence-corrected chi connectivity index (χ2v) is 3.17. The summed E-state index contributed by atoms with van der Waals surface area (Å²) in [7, 11) is 0. The van der Waals surface area contributed by atoms with E-state index >= 15 is 0 Å². The minimum Gasteiger partial charge on any atom is -0.175 e. The maximum Gasteiger partial charge on any atom is 0.00915 e. The topological polar surface area (TPSA) is 0 Å². The van der Waals surface area contributed by atoms with E-state index in [-0.39, 0.29) is 0 Å². The summed E-state index contributed by atoms with van der Waals surface area (Å²) in [5, 5.41) is 2.45. The molecule has 0 bridgehead atoms. The fraction of sp³-hybridized carbons (Fsp3) is 0.200. The molecule has 0 aliphatic rings. The molecule has 0 N–H and O–H groups in total. The van der Waals surface area contributed by atoms with Gasteiger partial charge in [0.05, 0.1) is 0 Å². The van der Waals surface area contributed by atoms with Crippen molar-refractivity contribution in [2.24, 2.45) is 0 Å². The quantitative estimate of drug-likeness (QED) is 0.650. The van der Waals surface area contributed by atoms with Crippen LogP contribution >= 0.6 is 25.3 Å². The van der Waals surface area contributed by atoms with Crippen LogP contribution in [0.3, 0.4) is 0 Å². The number of benzene rings is 1. The highest BCUT2D eigenvalue weighted by Crippen LogP contribution is 1.77. The van der Waals surface area contributed by atoms with E-state index in [2.05, 4.69) is 61.7 Å². The van der Waals surface area contributed by atoms with Crippen LogP contribution < -0.4 is 10.4 Å². The molecule has 0 unspecified atom stereocenters. The van der Waals surface area contributed by atoms with E-state index in [0.29, 0.717) is 0 Å². The fourth-order valence-corrected chi connectivity index (χ4v) is 1.40. The zero-order valence-corrected chi connectivity index (χ0v) is 8.56. The van der Waals surface area contributed by atoms with Crippen LogP contribution in [0, 0.1) is 0 Å². The lowest BCUT2D eigenvalue weighted by molar-refractivity contribution is 1.53. The molecule has 0 heterocycles. The van der Waals surface area contributed by atoms with Crippen LogP contribution in [0.15, 0.2) is 24.3 Å². The third-order valence-electron chi connectivity index (χ3n) is 1.59. The minimum absolute atomic E-state index is 0.787. The molecule has 64 valence electrons. The van der Waals surface area contributed by atoms with Gasteiger partial charge in [0.25, 0.3) is 0 Å². The molecule has 1 aromatic carbocycles. The van der Waals surface area contributed by atoms with Crippen LogP contribution in [0.25, 0.3) is 12.2 Å². The van der Waals surface area contributed by atoms with E-state index in [1.807, 2.05) is 0 Å². The van der Waals surface area contributed by atoms with E-state index in [1.54, 1.807) is 0 Å². The molecule has 0 saturated heterocycles. The Morgan fingerprint density at radius 2 is 1.17 bits per heavy atom. The standard InChI is InChI=1S/C10H12S2/c11-7-5-9-1-2-10(4-3-9)6-8-12/h1-6,11-12H,7-8H2. The van der Waals surface area contributed by atoms with Crippen LogP contribution in [0.1, 0.15) is 0 Å². The average Bonchev–Trinajstić information content (AvgIpc) is 2.09. The molecule has 1 aromatic rings. The van der Waals surface area contributed by atoms with Crippen LogP contribution in [-0.2, 0) is 0 Å². The van der Waals surface area contributed by atoms with E-state index < -0.39 is 0 Å². The van der Waals surface area contributed by atoms with Gasteiger partial charge < -0.3 is 0 Å². The molecule has 0 amide bonds. The molecule has 0 aromatic heterocycles. The third-order valence-corrected chi connectivity index (χ3v) is 1.96. The largest absolute Gasteiger partial charge is 0.175 e. The maximum absolute atomic E-state index is 4.12. The Hall–Kier alpha value is -0.340. The average molecular weight is 196 g/mol. The lowest BCUT2D eigenvalue weighted by Gasteiger charge is -1.86. The summed E-state index contributed by atoms with van der Waals surface area (Å²) in [6.07, 6.45) is 4.15. The van der Waals surface area contributed by atoms with E-state index in [9.17, 15) is 0 Å². The van der Waals surface area contributed by atoms with Gasteiger partial charge in [-0.15, -0.1) is 0 Å². The summed E-state index contributed by atoms with van der Waals surface area (Å²) in [5.41, 5.74) is 0. The van der Waals surface area contributed by atoms with Gasteiger partial charge in [-0.25, -0.2) is 0 Å². The second kappa shape index (κ2) is 5.33. The molecule has 0 atom stereocenters. The molecule has 1 rings (SSSR count). The van der Waals surface area contributed by atoms with Crippen LogP contribution in [0.4, 0.5) is 0 Å². The van der Waals surface area contributed by atoms with Gasteiger partial charge in [0.15, 0.2) is 0 Å². The van der Waals surface area contributed by atoms with Crippen LogP contribution in [-0.4, -0.2) is 11.5 Å². The van der Waals surface area contributed by atoms with Crippen molar-refractivity contribution >= 4 is 37.4 Å². The highest BCUT2D eigenvalue weighted by molar-refractivity contribution is 7.80. The molecular weight excluding hydrogens is 184 g/mol. The summed E-state index contributed by atoms with van der Waals surface area (Å²) in [4.78, 5) is 0. The van der Waals surface area contributed by atoms with Crippen molar-refractivity contribution in [3.8, 4) is 0 Å². The third kappa shape index (κ3) is 2.95. The van der Waals surface area contributed by atoms with Gasteiger partial charge in [0.1, 0.15) is 0 Å². The SMILES string of the molecule is SCC=c1ccc(=CCS)cc1. The van der Waals surface area contributed by atoms with Gasteiger partial charge in [-0.1, -0.05) is 36.4 Å². The van der Waals surface area contributed by atoms with Crippen LogP contribution in [0.2, 0.25) is 0 Å². The Bertz CT molecular complexity index is 283. The smallest absolute Gasteiger partial charge is 0.00915 e. The Kier molecular flexibility index (Phi) is 4.33. The van der Waals surface area contributed by atoms with Crippen molar-refractivity contribution in [2.75, 3.05) is 11.5 Å². The van der Waals surface area contributed by atoms with Gasteiger partial charge in [-0.3, -0.25) is 0 Å². The molecule has 0 nitrogen and oxygen atoms in total. The van der Waals surface area contributed by atoms with Gasteiger partial charge in [-0.2, -0.15) is 25.3 Å². The lowest BCUT2D eigenvalue weighted by atomic mass is 10.2. The fourth-order valence-electron chi connectivity index (χ4n) is 0.979. The van der Waals surface area contributed by atoms with E-state index in [4.69, 9.17) is 0 Å². The highest BCUT2D eigenvalue weighted by Gasteiger charge is 1.78. The van der Waals surface area contributed by atoms with E-state index in [1.165, 1.54) is 10.4 Å². The molecule has 0 aliphatic heterocycles. The Balaban J connectivity index is 3.01. The monoisotopic (exact) mass is 196 g/mol. The summed E-state index contributed by atoms with van der Waals surface area (Å²) < 4.78 is 0. The molecule has 12 heavy (non-hydrogen) atoms. The predicted octanol–water partition coefficient (Wildman–Crippen LogP) is 1.11.